The van der Waals surface area contributed by atoms with Crippen molar-refractivity contribution in [3.8, 4) is 11.5 Å². The SMILES string of the molecule is Cl.O=C(CNCC1CCCO1)N1CCCC1c1ccc2c(c1)OCCO2. The van der Waals surface area contributed by atoms with Gasteiger partial charge in [-0.25, -0.2) is 0 Å². The number of halogens is 1. The number of nitrogens with zero attached hydrogens (tertiary/aromatic N) is 1. The Morgan fingerprint density at radius 3 is 2.77 bits per heavy atom. The van der Waals surface area contributed by atoms with Crippen molar-refractivity contribution >= 4 is 18.3 Å². The maximum Gasteiger partial charge on any atom is 0.237 e. The fourth-order valence-electron chi connectivity index (χ4n) is 3.93. The summed E-state index contributed by atoms with van der Waals surface area (Å²) in [6, 6.07) is 6.18. The van der Waals surface area contributed by atoms with Crippen LogP contribution in [0.3, 0.4) is 0 Å². The number of carbonyl (C=O) groups excluding carboxylic acids is 1. The number of carbonyl (C=O) groups is 1. The number of likely N-dealkylation sites (tertiary alicyclic amines) is 1. The van der Waals surface area contributed by atoms with Crippen molar-refractivity contribution in [3.05, 3.63) is 23.8 Å². The molecule has 0 bridgehead atoms. The Morgan fingerprint density at radius 1 is 1.12 bits per heavy atom. The lowest BCUT2D eigenvalue weighted by molar-refractivity contribution is -0.131. The monoisotopic (exact) mass is 382 g/mol. The molecule has 2 saturated heterocycles. The molecule has 0 aromatic heterocycles. The van der Waals surface area contributed by atoms with E-state index in [9.17, 15) is 4.79 Å². The van der Waals surface area contributed by atoms with E-state index < -0.39 is 0 Å². The van der Waals surface area contributed by atoms with Gasteiger partial charge < -0.3 is 24.4 Å². The molecule has 6 nitrogen and oxygen atoms in total. The van der Waals surface area contributed by atoms with Crippen LogP contribution in [0.25, 0.3) is 0 Å². The zero-order valence-corrected chi connectivity index (χ0v) is 15.8. The lowest BCUT2D eigenvalue weighted by Gasteiger charge is -2.27. The van der Waals surface area contributed by atoms with Crippen molar-refractivity contribution in [3.63, 3.8) is 0 Å². The molecule has 7 heteroatoms. The number of ether oxygens (including phenoxy) is 3. The normalized spacial score (nSPS) is 24.4. The topological polar surface area (TPSA) is 60.0 Å². The van der Waals surface area contributed by atoms with Gasteiger partial charge >= 0.3 is 0 Å². The highest BCUT2D eigenvalue weighted by molar-refractivity contribution is 5.85. The molecule has 0 spiro atoms. The molecule has 1 aromatic carbocycles. The standard InChI is InChI=1S/C19H26N2O4.ClH/c22-19(13-20-12-15-3-2-8-23-15)21-7-1-4-16(21)14-5-6-17-18(11-14)25-10-9-24-17;/h5-6,11,15-16,20H,1-4,7-10,12-13H2;1H. The Bertz CT molecular complexity index is 622. The van der Waals surface area contributed by atoms with E-state index in [0.29, 0.717) is 19.8 Å². The van der Waals surface area contributed by atoms with E-state index in [2.05, 4.69) is 11.4 Å². The predicted molar refractivity (Wildman–Crippen MR) is 100 cm³/mol. The van der Waals surface area contributed by atoms with E-state index in [-0.39, 0.29) is 30.5 Å². The molecule has 1 N–H and O–H groups in total. The molecular weight excluding hydrogens is 356 g/mol. The summed E-state index contributed by atoms with van der Waals surface area (Å²) in [4.78, 5) is 14.7. The minimum absolute atomic E-state index is 0. The second-order valence-electron chi connectivity index (χ2n) is 6.91. The average Bonchev–Trinajstić information content (AvgIpc) is 3.33. The van der Waals surface area contributed by atoms with Crippen molar-refractivity contribution in [1.82, 2.24) is 10.2 Å². The molecule has 3 aliphatic heterocycles. The third kappa shape index (κ3) is 4.24. The van der Waals surface area contributed by atoms with E-state index in [4.69, 9.17) is 14.2 Å². The Morgan fingerprint density at radius 2 is 1.96 bits per heavy atom. The fourth-order valence-corrected chi connectivity index (χ4v) is 3.93. The highest BCUT2D eigenvalue weighted by Gasteiger charge is 2.30. The van der Waals surface area contributed by atoms with Crippen molar-refractivity contribution in [2.24, 2.45) is 0 Å². The molecular formula is C19H27ClN2O4. The van der Waals surface area contributed by atoms with Crippen molar-refractivity contribution in [1.29, 1.82) is 0 Å². The summed E-state index contributed by atoms with van der Waals surface area (Å²) in [5.41, 5.74) is 1.13. The van der Waals surface area contributed by atoms with Crippen molar-refractivity contribution < 1.29 is 19.0 Å². The number of hydrogen-bond donors (Lipinski definition) is 1. The molecule has 2 fully saturated rings. The minimum Gasteiger partial charge on any atom is -0.486 e. The summed E-state index contributed by atoms with van der Waals surface area (Å²) >= 11 is 0. The van der Waals surface area contributed by atoms with Gasteiger partial charge in [0.25, 0.3) is 0 Å². The Labute approximate surface area is 160 Å². The van der Waals surface area contributed by atoms with Crippen molar-refractivity contribution in [2.75, 3.05) is 39.5 Å². The van der Waals surface area contributed by atoms with E-state index in [1.165, 1.54) is 0 Å². The zero-order valence-electron chi connectivity index (χ0n) is 14.9. The Kier molecular flexibility index (Phi) is 6.62. The average molecular weight is 383 g/mol. The van der Waals surface area contributed by atoms with Gasteiger partial charge in [-0.1, -0.05) is 6.07 Å². The molecule has 1 amide bonds. The van der Waals surface area contributed by atoms with Crippen LogP contribution in [0.4, 0.5) is 0 Å². The molecule has 1 aromatic rings. The maximum atomic E-state index is 12.7. The first-order valence-electron chi connectivity index (χ1n) is 9.32. The van der Waals surface area contributed by atoms with Crippen LogP contribution in [0.2, 0.25) is 0 Å². The third-order valence-electron chi connectivity index (χ3n) is 5.20. The van der Waals surface area contributed by atoms with Gasteiger partial charge in [-0.3, -0.25) is 4.79 Å². The van der Waals surface area contributed by atoms with Gasteiger partial charge in [0.05, 0.1) is 18.7 Å². The number of nitrogens with one attached hydrogen (secondary N) is 1. The quantitative estimate of drug-likeness (QED) is 0.846. The summed E-state index contributed by atoms with van der Waals surface area (Å²) in [5, 5.41) is 3.27. The largest absolute Gasteiger partial charge is 0.486 e. The van der Waals surface area contributed by atoms with Gasteiger partial charge in [0.2, 0.25) is 5.91 Å². The van der Waals surface area contributed by atoms with Gasteiger partial charge in [-0.2, -0.15) is 0 Å². The maximum absolute atomic E-state index is 12.7. The summed E-state index contributed by atoms with van der Waals surface area (Å²) in [6.45, 7) is 3.97. The number of benzene rings is 1. The summed E-state index contributed by atoms with van der Waals surface area (Å²) in [7, 11) is 0. The first-order valence-corrected chi connectivity index (χ1v) is 9.32. The van der Waals surface area contributed by atoms with Crippen LogP contribution in [0, 0.1) is 0 Å². The van der Waals surface area contributed by atoms with E-state index in [1.54, 1.807) is 0 Å². The predicted octanol–water partition coefficient (Wildman–Crippen LogP) is 2.31. The highest BCUT2D eigenvalue weighted by atomic mass is 35.5. The van der Waals surface area contributed by atoms with Crippen LogP contribution in [0.1, 0.15) is 37.3 Å². The molecule has 2 atom stereocenters. The molecule has 26 heavy (non-hydrogen) atoms. The lowest BCUT2D eigenvalue weighted by atomic mass is 10.0. The molecule has 2 unspecified atom stereocenters. The van der Waals surface area contributed by atoms with Gasteiger partial charge in [-0.05, 0) is 43.4 Å². The van der Waals surface area contributed by atoms with Crippen LogP contribution >= 0.6 is 12.4 Å². The third-order valence-corrected chi connectivity index (χ3v) is 5.20. The smallest absolute Gasteiger partial charge is 0.237 e. The van der Waals surface area contributed by atoms with Gasteiger partial charge in [0.15, 0.2) is 11.5 Å². The van der Waals surface area contributed by atoms with E-state index in [1.807, 2.05) is 17.0 Å². The second kappa shape index (κ2) is 8.93. The molecule has 144 valence electrons. The zero-order chi connectivity index (χ0) is 17.1. The van der Waals surface area contributed by atoms with Crippen molar-refractivity contribution in [2.45, 2.75) is 37.8 Å². The fraction of sp³-hybridized carbons (Fsp3) is 0.632. The van der Waals surface area contributed by atoms with Crippen LogP contribution in [-0.2, 0) is 9.53 Å². The van der Waals surface area contributed by atoms with Crippen LogP contribution in [-0.4, -0.2) is 56.4 Å². The first-order chi connectivity index (χ1) is 12.3. The van der Waals surface area contributed by atoms with Gasteiger partial charge in [0, 0.05) is 19.7 Å². The van der Waals surface area contributed by atoms with E-state index in [0.717, 1.165) is 62.4 Å². The lowest BCUT2D eigenvalue weighted by Crippen LogP contribution is -2.40. The van der Waals surface area contributed by atoms with Crippen LogP contribution in [0.15, 0.2) is 18.2 Å². The molecule has 0 saturated carbocycles. The van der Waals surface area contributed by atoms with E-state index >= 15 is 0 Å². The first kappa shape index (κ1) is 19.3. The van der Waals surface area contributed by atoms with Gasteiger partial charge in [0.1, 0.15) is 13.2 Å². The number of amides is 1. The molecule has 3 heterocycles. The molecule has 0 radical (unpaired) electrons. The summed E-state index contributed by atoms with van der Waals surface area (Å²) in [5.74, 6) is 1.75. The second-order valence-corrected chi connectivity index (χ2v) is 6.91. The van der Waals surface area contributed by atoms with Crippen LogP contribution < -0.4 is 14.8 Å². The molecule has 0 aliphatic carbocycles. The Balaban J connectivity index is 0.00000196. The number of fused-ring (bicyclic) bond motifs is 1. The summed E-state index contributed by atoms with van der Waals surface area (Å²) in [6.07, 6.45) is 4.51. The van der Waals surface area contributed by atoms with Crippen LogP contribution in [0.5, 0.6) is 11.5 Å². The highest BCUT2D eigenvalue weighted by Crippen LogP contribution is 2.38. The minimum atomic E-state index is 0. The Hall–Kier alpha value is -1.50. The summed E-state index contributed by atoms with van der Waals surface area (Å²) < 4.78 is 16.9. The number of rotatable bonds is 5. The molecule has 3 aliphatic rings. The number of hydrogen-bond acceptors (Lipinski definition) is 5. The van der Waals surface area contributed by atoms with Gasteiger partial charge in [-0.15, -0.1) is 12.4 Å². The molecule has 4 rings (SSSR count).